The van der Waals surface area contributed by atoms with Gasteiger partial charge in [0.25, 0.3) is 5.89 Å². The summed E-state index contributed by atoms with van der Waals surface area (Å²) in [5.41, 5.74) is -0.972. The van der Waals surface area contributed by atoms with Crippen molar-refractivity contribution in [2.75, 3.05) is 13.1 Å². The number of piperidine rings is 1. The van der Waals surface area contributed by atoms with E-state index in [9.17, 15) is 4.79 Å². The molecule has 6 heteroatoms. The van der Waals surface area contributed by atoms with Crippen LogP contribution in [0.1, 0.15) is 50.8 Å². The van der Waals surface area contributed by atoms with E-state index in [1.165, 1.54) is 6.42 Å². The first-order valence-electron chi connectivity index (χ1n) is 9.53. The number of nitrogens with zero attached hydrogens (tertiary/aromatic N) is 3. The lowest BCUT2D eigenvalue weighted by atomic mass is 9.86. The molecule has 0 N–H and O–H groups in total. The lowest BCUT2D eigenvalue weighted by Gasteiger charge is -2.37. The van der Waals surface area contributed by atoms with E-state index in [0.29, 0.717) is 25.2 Å². The Labute approximate surface area is 152 Å². The predicted molar refractivity (Wildman–Crippen MR) is 94.9 cm³/mol. The van der Waals surface area contributed by atoms with E-state index in [1.807, 2.05) is 30.3 Å². The molecule has 26 heavy (non-hydrogen) atoms. The first-order valence-corrected chi connectivity index (χ1v) is 9.53. The first kappa shape index (κ1) is 17.2. The number of hydrogen-bond acceptors (Lipinski definition) is 4. The summed E-state index contributed by atoms with van der Waals surface area (Å²) in [6, 6.07) is 9.37. The van der Waals surface area contributed by atoms with Crippen molar-refractivity contribution in [1.82, 2.24) is 15.0 Å². The molecular weight excluding hydrogens is 333 g/mol. The van der Waals surface area contributed by atoms with E-state index in [2.05, 4.69) is 10.1 Å². The minimum absolute atomic E-state index is 0.0127. The van der Waals surface area contributed by atoms with Crippen molar-refractivity contribution >= 4 is 5.91 Å². The largest absolute Gasteiger partial charge is 0.339 e. The van der Waals surface area contributed by atoms with Gasteiger partial charge in [0, 0.05) is 18.0 Å². The molecule has 2 heterocycles. The molecular formula is C20H24FN3O2. The van der Waals surface area contributed by atoms with Crippen LogP contribution in [-0.2, 0) is 10.5 Å². The number of rotatable bonds is 3. The van der Waals surface area contributed by atoms with Crippen LogP contribution in [0, 0.1) is 5.92 Å². The number of likely N-dealkylation sites (tertiary alicyclic amines) is 1. The quantitative estimate of drug-likeness (QED) is 0.830. The van der Waals surface area contributed by atoms with Crippen LogP contribution in [0.2, 0.25) is 0 Å². The average molecular weight is 357 g/mol. The maximum atomic E-state index is 15.6. The molecule has 1 atom stereocenters. The van der Waals surface area contributed by atoms with Crippen molar-refractivity contribution in [2.45, 2.75) is 50.6 Å². The number of alkyl halides is 1. The van der Waals surface area contributed by atoms with Gasteiger partial charge in [-0.3, -0.25) is 4.79 Å². The molecule has 0 radical (unpaired) electrons. The Hall–Kier alpha value is -2.24. The van der Waals surface area contributed by atoms with Crippen LogP contribution in [-0.4, -0.2) is 34.0 Å². The van der Waals surface area contributed by atoms with Gasteiger partial charge in [-0.1, -0.05) is 54.8 Å². The number of amides is 1. The maximum absolute atomic E-state index is 15.6. The number of carbonyl (C=O) groups is 1. The van der Waals surface area contributed by atoms with Gasteiger partial charge in [-0.25, -0.2) is 4.39 Å². The minimum atomic E-state index is -1.76. The van der Waals surface area contributed by atoms with Crippen LogP contribution >= 0.6 is 0 Å². The number of aromatic nitrogens is 2. The van der Waals surface area contributed by atoms with E-state index in [4.69, 9.17) is 4.52 Å². The van der Waals surface area contributed by atoms with Gasteiger partial charge in [0.05, 0.1) is 6.54 Å². The Kier molecular flexibility index (Phi) is 4.74. The SMILES string of the molecule is O=C(C1CCCCC1)N1CCCC(F)(c2nc(-c3ccccc3)no2)C1. The van der Waals surface area contributed by atoms with Crippen molar-refractivity contribution in [2.24, 2.45) is 5.92 Å². The van der Waals surface area contributed by atoms with Crippen LogP contribution in [0.5, 0.6) is 0 Å². The minimum Gasteiger partial charge on any atom is -0.339 e. The van der Waals surface area contributed by atoms with Crippen LogP contribution in [0.25, 0.3) is 11.4 Å². The second kappa shape index (κ2) is 7.17. The Bertz CT molecular complexity index is 757. The molecule has 1 aliphatic carbocycles. The Morgan fingerprint density at radius 2 is 1.92 bits per heavy atom. The Morgan fingerprint density at radius 3 is 2.69 bits per heavy atom. The number of carbonyl (C=O) groups excluding carboxylic acids is 1. The zero-order chi connectivity index (χ0) is 18.0. The van der Waals surface area contributed by atoms with Crippen LogP contribution in [0.4, 0.5) is 4.39 Å². The van der Waals surface area contributed by atoms with Crippen molar-refractivity contribution in [3.8, 4) is 11.4 Å². The van der Waals surface area contributed by atoms with Crippen molar-refractivity contribution in [1.29, 1.82) is 0 Å². The Morgan fingerprint density at radius 1 is 1.15 bits per heavy atom. The van der Waals surface area contributed by atoms with Gasteiger partial charge >= 0.3 is 0 Å². The number of hydrogen-bond donors (Lipinski definition) is 0. The highest BCUT2D eigenvalue weighted by molar-refractivity contribution is 5.79. The average Bonchev–Trinajstić information content (AvgIpc) is 3.20. The lowest BCUT2D eigenvalue weighted by molar-refractivity contribution is -0.141. The highest BCUT2D eigenvalue weighted by Gasteiger charge is 2.44. The topological polar surface area (TPSA) is 59.2 Å². The number of halogens is 1. The zero-order valence-electron chi connectivity index (χ0n) is 14.9. The maximum Gasteiger partial charge on any atom is 0.266 e. The summed E-state index contributed by atoms with van der Waals surface area (Å²) in [6.07, 6.45) is 6.14. The molecule has 5 nitrogen and oxygen atoms in total. The van der Waals surface area contributed by atoms with Gasteiger partial charge in [0.1, 0.15) is 0 Å². The normalized spacial score (nSPS) is 24.6. The molecule has 1 amide bonds. The van der Waals surface area contributed by atoms with Crippen LogP contribution < -0.4 is 0 Å². The van der Waals surface area contributed by atoms with Crippen molar-refractivity contribution < 1.29 is 13.7 Å². The van der Waals surface area contributed by atoms with Gasteiger partial charge < -0.3 is 9.42 Å². The second-order valence-corrected chi connectivity index (χ2v) is 7.45. The molecule has 2 aromatic rings. The summed E-state index contributed by atoms with van der Waals surface area (Å²) in [7, 11) is 0. The molecule has 0 spiro atoms. The predicted octanol–water partition coefficient (Wildman–Crippen LogP) is 4.10. The molecule has 1 saturated carbocycles. The van der Waals surface area contributed by atoms with Gasteiger partial charge in [-0.05, 0) is 25.7 Å². The standard InChI is InChI=1S/C20H24FN3O2/c21-20(19-22-17(23-26-19)15-8-3-1-4-9-15)12-7-13-24(14-20)18(25)16-10-5-2-6-11-16/h1,3-4,8-9,16H,2,5-7,10-14H2. The summed E-state index contributed by atoms with van der Waals surface area (Å²) in [5.74, 6) is 0.508. The smallest absolute Gasteiger partial charge is 0.266 e. The highest BCUT2D eigenvalue weighted by atomic mass is 19.1. The van der Waals surface area contributed by atoms with E-state index >= 15 is 4.39 Å². The molecule has 2 aliphatic rings. The summed E-state index contributed by atoms with van der Waals surface area (Å²) in [4.78, 5) is 18.8. The summed E-state index contributed by atoms with van der Waals surface area (Å²) in [6.45, 7) is 0.624. The van der Waals surface area contributed by atoms with Crippen LogP contribution in [0.3, 0.4) is 0 Å². The summed E-state index contributed by atoms with van der Waals surface area (Å²) >= 11 is 0. The van der Waals surface area contributed by atoms with Crippen molar-refractivity contribution in [3.63, 3.8) is 0 Å². The molecule has 138 valence electrons. The molecule has 0 bridgehead atoms. The molecule has 1 aliphatic heterocycles. The molecule has 1 unspecified atom stereocenters. The van der Waals surface area contributed by atoms with Gasteiger partial charge in [-0.15, -0.1) is 0 Å². The molecule has 1 aromatic carbocycles. The van der Waals surface area contributed by atoms with E-state index in [0.717, 1.165) is 31.2 Å². The molecule has 2 fully saturated rings. The third-order valence-corrected chi connectivity index (χ3v) is 5.55. The van der Waals surface area contributed by atoms with Gasteiger partial charge in [0.2, 0.25) is 17.4 Å². The second-order valence-electron chi connectivity index (χ2n) is 7.45. The third-order valence-electron chi connectivity index (χ3n) is 5.55. The lowest BCUT2D eigenvalue weighted by Crippen LogP contribution is -2.48. The fourth-order valence-electron chi connectivity index (χ4n) is 4.09. The van der Waals surface area contributed by atoms with Crippen molar-refractivity contribution in [3.05, 3.63) is 36.2 Å². The monoisotopic (exact) mass is 357 g/mol. The highest BCUT2D eigenvalue weighted by Crippen LogP contribution is 2.37. The van der Waals surface area contributed by atoms with E-state index < -0.39 is 5.67 Å². The first-order chi connectivity index (χ1) is 12.7. The summed E-state index contributed by atoms with van der Waals surface area (Å²) in [5, 5.41) is 3.94. The third kappa shape index (κ3) is 3.37. The van der Waals surface area contributed by atoms with E-state index in [-0.39, 0.29) is 24.3 Å². The van der Waals surface area contributed by atoms with E-state index in [1.54, 1.807) is 4.90 Å². The van der Waals surface area contributed by atoms with Gasteiger partial charge in [-0.2, -0.15) is 4.98 Å². The fraction of sp³-hybridized carbons (Fsp3) is 0.550. The molecule has 1 aromatic heterocycles. The number of benzene rings is 1. The zero-order valence-corrected chi connectivity index (χ0v) is 14.9. The summed E-state index contributed by atoms with van der Waals surface area (Å²) < 4.78 is 20.9. The Balaban J connectivity index is 1.51. The fourth-order valence-corrected chi connectivity index (χ4v) is 4.09. The molecule has 4 rings (SSSR count). The van der Waals surface area contributed by atoms with Crippen LogP contribution in [0.15, 0.2) is 34.9 Å². The van der Waals surface area contributed by atoms with Gasteiger partial charge in [0.15, 0.2) is 0 Å². The molecule has 1 saturated heterocycles.